The molecule has 0 saturated carbocycles. The van der Waals surface area contributed by atoms with Crippen molar-refractivity contribution in [2.45, 2.75) is 24.5 Å². The number of carbonyl (C=O) groups excluding carboxylic acids is 2. The lowest BCUT2D eigenvalue weighted by Crippen LogP contribution is -3.00. The summed E-state index contributed by atoms with van der Waals surface area (Å²) in [5.74, 6) is -0.267. The Morgan fingerprint density at radius 2 is 1.91 bits per heavy atom. The van der Waals surface area contributed by atoms with Gasteiger partial charge in [0.25, 0.3) is 5.91 Å². The molecule has 2 atom stereocenters. The molecule has 0 spiro atoms. The lowest BCUT2D eigenvalue weighted by molar-refractivity contribution is -0.939. The summed E-state index contributed by atoms with van der Waals surface area (Å²) in [5.41, 5.74) is -1.25. The molecule has 2 N–H and O–H groups in total. The Labute approximate surface area is 213 Å². The van der Waals surface area contributed by atoms with Gasteiger partial charge >= 0.3 is 5.97 Å². The van der Waals surface area contributed by atoms with E-state index in [1.807, 2.05) is 6.07 Å². The zero-order valence-electron chi connectivity index (χ0n) is 19.0. The highest BCUT2D eigenvalue weighted by molar-refractivity contribution is 5.90. The molecular weight excluding hydrogens is 516 g/mol. The van der Waals surface area contributed by atoms with Gasteiger partial charge in [-0.3, -0.25) is 9.78 Å². The summed E-state index contributed by atoms with van der Waals surface area (Å²) in [6, 6.07) is 10.3. The third kappa shape index (κ3) is 5.00. The van der Waals surface area contributed by atoms with Crippen molar-refractivity contribution in [2.24, 2.45) is 5.92 Å². The number of anilines is 1. The number of aliphatic hydroxyl groups is 1. The van der Waals surface area contributed by atoms with Crippen molar-refractivity contribution >= 4 is 17.7 Å². The predicted octanol–water partition coefficient (Wildman–Crippen LogP) is -0.900. The average molecular weight is 543 g/mol. The number of nitrogens with zero attached hydrogens (tertiary/aromatic N) is 3. The second kappa shape index (κ2) is 10.3. The van der Waals surface area contributed by atoms with Crippen LogP contribution in [0, 0.1) is 5.92 Å². The van der Waals surface area contributed by atoms with Crippen molar-refractivity contribution in [3.63, 3.8) is 0 Å². The molecule has 0 radical (unpaired) electrons. The molecule has 1 aromatic carbocycles. The third-order valence-electron chi connectivity index (χ3n) is 7.04. The molecule has 1 amide bonds. The van der Waals surface area contributed by atoms with E-state index in [2.05, 4.69) is 15.3 Å². The number of hydrogen-bond donors (Lipinski definition) is 2. The van der Waals surface area contributed by atoms with Gasteiger partial charge in [0.15, 0.2) is 18.5 Å². The van der Waals surface area contributed by atoms with Gasteiger partial charge < -0.3 is 41.0 Å². The number of nitrogens with one attached hydrogen (secondary N) is 1. The second-order valence-corrected chi connectivity index (χ2v) is 9.14. The van der Waals surface area contributed by atoms with Gasteiger partial charge in [-0.15, -0.1) is 0 Å². The smallest absolute Gasteiger partial charge is 0.348 e. The van der Waals surface area contributed by atoms with Gasteiger partial charge in [-0.05, 0) is 11.6 Å². The molecule has 3 fully saturated rings. The Morgan fingerprint density at radius 1 is 1.14 bits per heavy atom. The van der Waals surface area contributed by atoms with E-state index in [9.17, 15) is 14.7 Å². The van der Waals surface area contributed by atoms with E-state index in [1.54, 1.807) is 36.5 Å². The van der Waals surface area contributed by atoms with E-state index in [0.717, 1.165) is 25.9 Å². The van der Waals surface area contributed by atoms with Crippen molar-refractivity contribution in [2.75, 3.05) is 31.5 Å². The van der Waals surface area contributed by atoms with Crippen molar-refractivity contribution in [3.05, 3.63) is 78.6 Å². The molecule has 5 heterocycles. The molecule has 3 aliphatic rings. The van der Waals surface area contributed by atoms with Gasteiger partial charge in [-0.25, -0.2) is 9.78 Å². The van der Waals surface area contributed by atoms with Crippen LogP contribution in [0.1, 0.15) is 24.0 Å². The minimum absolute atomic E-state index is 0. The Balaban J connectivity index is 0.00000289. The summed E-state index contributed by atoms with van der Waals surface area (Å²) in [6.45, 7) is 2.48. The van der Waals surface area contributed by atoms with Crippen molar-refractivity contribution < 1.29 is 45.3 Å². The number of piperidine rings is 3. The fourth-order valence-electron chi connectivity index (χ4n) is 5.20. The Bertz CT molecular complexity index is 1140. The third-order valence-corrected chi connectivity index (χ3v) is 7.04. The van der Waals surface area contributed by atoms with Crippen LogP contribution >= 0.6 is 0 Å². The maximum atomic E-state index is 13.5. The van der Waals surface area contributed by atoms with E-state index in [1.165, 1.54) is 24.9 Å². The molecule has 3 saturated heterocycles. The summed E-state index contributed by atoms with van der Waals surface area (Å²) < 4.78 is 11.7. The Kier molecular flexibility index (Phi) is 7.34. The van der Waals surface area contributed by atoms with Crippen LogP contribution in [0.4, 0.5) is 5.82 Å². The van der Waals surface area contributed by atoms with Crippen LogP contribution in [-0.2, 0) is 19.9 Å². The van der Waals surface area contributed by atoms with Gasteiger partial charge in [0.2, 0.25) is 5.60 Å². The standard InChI is InChI=1S/C25H26N4O5.BrH/c30-23(28-22-14-26-9-10-27-22)16-29-11-6-18(7-12-29)21(15-29)34-24(31)25(32,20-8-13-33-17-20)19-4-2-1-3-5-19;/h1-5,8-10,13-14,17-18,21,32H,6-7,11-12,15-16H2;1H/t18?,21-,25?,29?;/m0./s1. The van der Waals surface area contributed by atoms with E-state index in [0.29, 0.717) is 28.0 Å². The number of fused-ring (bicyclic) bond motifs is 3. The lowest BCUT2D eigenvalue weighted by Gasteiger charge is -2.51. The largest absolute Gasteiger partial charge is 1.00 e. The monoisotopic (exact) mass is 542 g/mol. The highest BCUT2D eigenvalue weighted by Gasteiger charge is 2.51. The number of halogens is 1. The summed E-state index contributed by atoms with van der Waals surface area (Å²) in [6.07, 6.45) is 8.67. The molecule has 3 aromatic rings. The van der Waals surface area contributed by atoms with E-state index in [-0.39, 0.29) is 41.5 Å². The molecule has 35 heavy (non-hydrogen) atoms. The summed E-state index contributed by atoms with van der Waals surface area (Å²) in [4.78, 5) is 34.3. The van der Waals surface area contributed by atoms with Crippen LogP contribution in [0.25, 0.3) is 0 Å². The number of ether oxygens (including phenoxy) is 1. The van der Waals surface area contributed by atoms with E-state index in [4.69, 9.17) is 9.15 Å². The van der Waals surface area contributed by atoms with Gasteiger partial charge in [-0.2, -0.15) is 0 Å². The maximum absolute atomic E-state index is 13.5. The fourth-order valence-corrected chi connectivity index (χ4v) is 5.20. The summed E-state index contributed by atoms with van der Waals surface area (Å²) in [7, 11) is 0. The minimum Gasteiger partial charge on any atom is -1.00 e. The van der Waals surface area contributed by atoms with Crippen molar-refractivity contribution in [3.8, 4) is 0 Å². The molecular formula is C25H27BrN4O5. The van der Waals surface area contributed by atoms with Crippen LogP contribution in [0.3, 0.4) is 0 Å². The van der Waals surface area contributed by atoms with Gasteiger partial charge in [0.05, 0.1) is 31.8 Å². The quantitative estimate of drug-likeness (QED) is 0.293. The number of carbonyl (C=O) groups is 2. The number of benzene rings is 1. The van der Waals surface area contributed by atoms with Gasteiger partial charge in [0.1, 0.15) is 6.54 Å². The van der Waals surface area contributed by atoms with Gasteiger partial charge in [0, 0.05) is 36.7 Å². The first kappa shape index (κ1) is 25.0. The van der Waals surface area contributed by atoms with Crippen LogP contribution in [-0.4, -0.2) is 63.7 Å². The molecule has 2 aromatic heterocycles. The first-order chi connectivity index (χ1) is 16.5. The highest BCUT2D eigenvalue weighted by atomic mass is 79.9. The van der Waals surface area contributed by atoms with E-state index < -0.39 is 11.6 Å². The summed E-state index contributed by atoms with van der Waals surface area (Å²) in [5, 5.41) is 14.4. The molecule has 0 aliphatic carbocycles. The average Bonchev–Trinajstić information content (AvgIpc) is 3.40. The van der Waals surface area contributed by atoms with Crippen LogP contribution in [0.5, 0.6) is 0 Å². The molecule has 10 heteroatoms. The second-order valence-electron chi connectivity index (χ2n) is 9.14. The number of furan rings is 1. The molecule has 1 unspecified atom stereocenters. The first-order valence-electron chi connectivity index (χ1n) is 11.4. The number of esters is 1. The molecule has 184 valence electrons. The number of rotatable bonds is 7. The first-order valence-corrected chi connectivity index (χ1v) is 11.4. The van der Waals surface area contributed by atoms with Crippen LogP contribution < -0.4 is 22.3 Å². The number of hydrogen-bond acceptors (Lipinski definition) is 7. The zero-order valence-corrected chi connectivity index (χ0v) is 20.6. The van der Waals surface area contributed by atoms with Gasteiger partial charge in [-0.1, -0.05) is 30.3 Å². The number of amides is 1. The fraction of sp³-hybridized carbons (Fsp3) is 0.360. The maximum Gasteiger partial charge on any atom is 0.348 e. The van der Waals surface area contributed by atoms with Crippen LogP contribution in [0.15, 0.2) is 71.9 Å². The Hall–Kier alpha value is -3.08. The normalized spacial score (nSPS) is 24.6. The predicted molar refractivity (Wildman–Crippen MR) is 121 cm³/mol. The lowest BCUT2D eigenvalue weighted by atomic mass is 9.82. The molecule has 2 bridgehead atoms. The minimum atomic E-state index is -1.98. The van der Waals surface area contributed by atoms with Crippen molar-refractivity contribution in [1.29, 1.82) is 0 Å². The molecule has 3 aliphatic heterocycles. The topological polar surface area (TPSA) is 115 Å². The number of aromatic nitrogens is 2. The number of quaternary nitrogens is 1. The Morgan fingerprint density at radius 3 is 2.57 bits per heavy atom. The molecule has 9 nitrogen and oxygen atoms in total. The summed E-state index contributed by atoms with van der Waals surface area (Å²) >= 11 is 0. The molecule has 6 rings (SSSR count). The SMILES string of the molecule is O=C(C[N+]12CCC(CC1)[C@@H](OC(=O)C(O)(c1ccccc1)c1ccoc1)C2)Nc1cnccn1.[Br-]. The van der Waals surface area contributed by atoms with E-state index >= 15 is 0 Å². The van der Waals surface area contributed by atoms with Crippen molar-refractivity contribution in [1.82, 2.24) is 9.97 Å². The highest BCUT2D eigenvalue weighted by Crippen LogP contribution is 2.38. The zero-order chi connectivity index (χ0) is 23.6. The van der Waals surface area contributed by atoms with Crippen LogP contribution in [0.2, 0.25) is 0 Å².